The largest absolute Gasteiger partial charge is 0.392 e. The van der Waals surface area contributed by atoms with Crippen LogP contribution in [-0.4, -0.2) is 24.9 Å². The Kier molecular flexibility index (Phi) is 4.26. The minimum atomic E-state index is -3.48. The van der Waals surface area contributed by atoms with Crippen molar-refractivity contribution in [3.8, 4) is 0 Å². The number of aliphatic hydroxyl groups is 1. The van der Waals surface area contributed by atoms with Crippen LogP contribution in [0, 0.1) is 0 Å². The Hall–Kier alpha value is -1.13. The van der Waals surface area contributed by atoms with Gasteiger partial charge in [0.2, 0.25) is 0 Å². The summed E-state index contributed by atoms with van der Waals surface area (Å²) >= 11 is 0. The van der Waals surface area contributed by atoms with Gasteiger partial charge in [0, 0.05) is 0 Å². The summed E-state index contributed by atoms with van der Waals surface area (Å²) in [7, 11) is -3.48. The van der Waals surface area contributed by atoms with Crippen LogP contribution < -0.4 is 0 Å². The summed E-state index contributed by atoms with van der Waals surface area (Å²) in [5.41, 5.74) is 0. The van der Waals surface area contributed by atoms with E-state index in [1.54, 1.807) is 18.2 Å². The molecular weight excluding hydrogens is 224 g/mol. The summed E-state index contributed by atoms with van der Waals surface area (Å²) in [5, 5.41) is 8.69. The van der Waals surface area contributed by atoms with Gasteiger partial charge in [-0.1, -0.05) is 24.3 Å². The van der Waals surface area contributed by atoms with E-state index in [1.807, 2.05) is 0 Å². The third-order valence-electron chi connectivity index (χ3n) is 2.41. The van der Waals surface area contributed by atoms with Gasteiger partial charge >= 0.3 is 0 Å². The summed E-state index contributed by atoms with van der Waals surface area (Å²) in [6.45, 7) is 5.00. The molecule has 0 fully saturated rings. The van der Waals surface area contributed by atoms with Crippen LogP contribution in [-0.2, 0) is 9.84 Å². The molecule has 0 radical (unpaired) electrons. The van der Waals surface area contributed by atoms with Crippen LogP contribution in [0.3, 0.4) is 0 Å². The minimum absolute atomic E-state index is 0.239. The zero-order chi connectivity index (χ0) is 12.2. The number of sulfone groups is 1. The third-order valence-corrected chi connectivity index (χ3v) is 4.72. The van der Waals surface area contributed by atoms with Gasteiger partial charge in [-0.25, -0.2) is 8.42 Å². The van der Waals surface area contributed by atoms with Gasteiger partial charge in [0.25, 0.3) is 0 Å². The van der Waals surface area contributed by atoms with Crippen molar-refractivity contribution in [3.05, 3.63) is 43.0 Å². The van der Waals surface area contributed by atoms with Gasteiger partial charge in [0.15, 0.2) is 9.84 Å². The van der Waals surface area contributed by atoms with Crippen LogP contribution in [0.15, 0.2) is 47.9 Å². The molecule has 0 aliphatic rings. The summed E-state index contributed by atoms with van der Waals surface area (Å²) < 4.78 is 24.3. The molecule has 0 spiro atoms. The zero-order valence-electron chi connectivity index (χ0n) is 9.20. The zero-order valence-corrected chi connectivity index (χ0v) is 10.0. The lowest BCUT2D eigenvalue weighted by Crippen LogP contribution is -2.31. The Bertz CT molecular complexity index is 435. The highest BCUT2D eigenvalue weighted by molar-refractivity contribution is 7.92. The fourth-order valence-electron chi connectivity index (χ4n) is 1.53. The quantitative estimate of drug-likeness (QED) is 0.798. The van der Waals surface area contributed by atoms with Crippen LogP contribution in [0.25, 0.3) is 0 Å². The molecule has 0 saturated carbocycles. The van der Waals surface area contributed by atoms with Crippen molar-refractivity contribution in [2.45, 2.75) is 29.6 Å². The first kappa shape index (κ1) is 12.9. The minimum Gasteiger partial charge on any atom is -0.392 e. The smallest absolute Gasteiger partial charge is 0.184 e. The molecule has 0 bridgehead atoms. The molecule has 0 amide bonds. The molecule has 88 valence electrons. The van der Waals surface area contributed by atoms with E-state index in [9.17, 15) is 13.5 Å². The fourth-order valence-corrected chi connectivity index (χ4v) is 3.33. The van der Waals surface area contributed by atoms with E-state index in [0.717, 1.165) is 0 Å². The standard InChI is InChI=1S/C12H16O3S/c1-3-7-12(10(2)13)16(14,15)11-8-5-4-6-9-11/h3-6,8-10,12-13H,1,7H2,2H3/t10-,12+/m0/s1. The van der Waals surface area contributed by atoms with E-state index in [-0.39, 0.29) is 11.3 Å². The molecule has 0 aromatic heterocycles. The van der Waals surface area contributed by atoms with Gasteiger partial charge in [-0.05, 0) is 25.5 Å². The first-order chi connectivity index (χ1) is 7.50. The molecule has 1 aromatic rings. The van der Waals surface area contributed by atoms with Gasteiger partial charge in [0.1, 0.15) is 0 Å². The SMILES string of the molecule is C=CC[C@H]([C@H](C)O)S(=O)(=O)c1ccccc1. The maximum atomic E-state index is 12.2. The molecule has 0 saturated heterocycles. The highest BCUT2D eigenvalue weighted by atomic mass is 32.2. The Labute approximate surface area is 96.4 Å². The van der Waals surface area contributed by atoms with Crippen LogP contribution in [0.2, 0.25) is 0 Å². The van der Waals surface area contributed by atoms with Gasteiger partial charge < -0.3 is 5.11 Å². The molecule has 16 heavy (non-hydrogen) atoms. The molecule has 1 rings (SSSR count). The fraction of sp³-hybridized carbons (Fsp3) is 0.333. The second kappa shape index (κ2) is 5.27. The van der Waals surface area contributed by atoms with E-state index < -0.39 is 21.2 Å². The molecule has 0 unspecified atom stereocenters. The molecule has 0 heterocycles. The molecule has 0 aliphatic carbocycles. The van der Waals surface area contributed by atoms with Gasteiger partial charge in [-0.15, -0.1) is 6.58 Å². The topological polar surface area (TPSA) is 54.4 Å². The first-order valence-corrected chi connectivity index (χ1v) is 6.62. The van der Waals surface area contributed by atoms with E-state index in [1.165, 1.54) is 25.1 Å². The van der Waals surface area contributed by atoms with Gasteiger partial charge in [-0.2, -0.15) is 0 Å². The van der Waals surface area contributed by atoms with Gasteiger partial charge in [-0.3, -0.25) is 0 Å². The summed E-state index contributed by atoms with van der Waals surface area (Å²) in [4.78, 5) is 0.239. The molecule has 1 aromatic carbocycles. The Morgan fingerprint density at radius 2 is 1.94 bits per heavy atom. The van der Waals surface area contributed by atoms with Crippen molar-refractivity contribution in [3.63, 3.8) is 0 Å². The lowest BCUT2D eigenvalue weighted by Gasteiger charge is -2.18. The average Bonchev–Trinajstić information content (AvgIpc) is 2.26. The number of hydrogen-bond donors (Lipinski definition) is 1. The van der Waals surface area contributed by atoms with E-state index in [4.69, 9.17) is 0 Å². The maximum absolute atomic E-state index is 12.2. The van der Waals surface area contributed by atoms with E-state index >= 15 is 0 Å². The van der Waals surface area contributed by atoms with Crippen LogP contribution in [0.4, 0.5) is 0 Å². The Morgan fingerprint density at radius 1 is 1.38 bits per heavy atom. The van der Waals surface area contributed by atoms with Crippen LogP contribution >= 0.6 is 0 Å². The molecule has 4 heteroatoms. The van der Waals surface area contributed by atoms with Crippen molar-refractivity contribution >= 4 is 9.84 Å². The van der Waals surface area contributed by atoms with Crippen LogP contribution in [0.1, 0.15) is 13.3 Å². The van der Waals surface area contributed by atoms with Crippen molar-refractivity contribution in [2.24, 2.45) is 0 Å². The number of benzene rings is 1. The van der Waals surface area contributed by atoms with Gasteiger partial charge in [0.05, 0.1) is 16.2 Å². The molecule has 1 N–H and O–H groups in total. The second-order valence-electron chi connectivity index (χ2n) is 3.66. The van der Waals surface area contributed by atoms with Crippen LogP contribution in [0.5, 0.6) is 0 Å². The molecule has 3 nitrogen and oxygen atoms in total. The number of hydrogen-bond acceptors (Lipinski definition) is 3. The second-order valence-corrected chi connectivity index (χ2v) is 5.83. The Morgan fingerprint density at radius 3 is 2.38 bits per heavy atom. The predicted molar refractivity (Wildman–Crippen MR) is 63.9 cm³/mol. The highest BCUT2D eigenvalue weighted by Gasteiger charge is 2.30. The highest BCUT2D eigenvalue weighted by Crippen LogP contribution is 2.20. The molecule has 0 aliphatic heterocycles. The maximum Gasteiger partial charge on any atom is 0.184 e. The monoisotopic (exact) mass is 240 g/mol. The normalized spacial score (nSPS) is 15.4. The molecule has 2 atom stereocenters. The van der Waals surface area contributed by atoms with E-state index in [0.29, 0.717) is 0 Å². The van der Waals surface area contributed by atoms with Crippen molar-refractivity contribution in [2.75, 3.05) is 0 Å². The first-order valence-electron chi connectivity index (χ1n) is 5.08. The van der Waals surface area contributed by atoms with E-state index in [2.05, 4.69) is 6.58 Å². The average molecular weight is 240 g/mol. The van der Waals surface area contributed by atoms with Crippen molar-refractivity contribution in [1.82, 2.24) is 0 Å². The predicted octanol–water partition coefficient (Wildman–Crippen LogP) is 1.79. The molecular formula is C12H16O3S. The lowest BCUT2D eigenvalue weighted by atomic mass is 10.2. The number of allylic oxidation sites excluding steroid dienone is 1. The summed E-state index contributed by atoms with van der Waals surface area (Å²) in [6.07, 6.45) is 0.843. The Balaban J connectivity index is 3.13. The third kappa shape index (κ3) is 2.71. The summed E-state index contributed by atoms with van der Waals surface area (Å²) in [5.74, 6) is 0. The summed E-state index contributed by atoms with van der Waals surface area (Å²) in [6, 6.07) is 8.16. The van der Waals surface area contributed by atoms with Crippen molar-refractivity contribution in [1.29, 1.82) is 0 Å². The van der Waals surface area contributed by atoms with Crippen molar-refractivity contribution < 1.29 is 13.5 Å². The number of aliphatic hydroxyl groups excluding tert-OH is 1. The number of rotatable bonds is 5. The lowest BCUT2D eigenvalue weighted by molar-refractivity contribution is 0.188.